The van der Waals surface area contributed by atoms with Crippen molar-refractivity contribution < 1.29 is 19.4 Å². The Morgan fingerprint density at radius 1 is 1.21 bits per heavy atom. The number of nitrogens with zero attached hydrogens (tertiary/aromatic N) is 1. The number of benzene rings is 1. The lowest BCUT2D eigenvalue weighted by atomic mass is 10.0. The zero-order chi connectivity index (χ0) is 14.4. The minimum Gasteiger partial charge on any atom is -0.480 e. The highest BCUT2D eigenvalue weighted by Gasteiger charge is 2.15. The summed E-state index contributed by atoms with van der Waals surface area (Å²) >= 11 is 0. The first-order chi connectivity index (χ1) is 8.93. The van der Waals surface area contributed by atoms with E-state index in [1.165, 1.54) is 12.0 Å². The highest BCUT2D eigenvalue weighted by molar-refractivity contribution is 5.80. The molecule has 0 aromatic heterocycles. The molecular weight excluding hydrogens is 246 g/mol. The summed E-state index contributed by atoms with van der Waals surface area (Å²) in [5.41, 5.74) is 1.86. The third-order valence-electron chi connectivity index (χ3n) is 2.80. The molecule has 0 aliphatic heterocycles. The molecule has 0 spiro atoms. The Balaban J connectivity index is 2.89. The maximum Gasteiger partial charge on any atom is 0.325 e. The molecule has 0 bridgehead atoms. The Morgan fingerprint density at radius 2 is 1.79 bits per heavy atom. The van der Waals surface area contributed by atoms with Crippen molar-refractivity contribution in [1.82, 2.24) is 0 Å². The fourth-order valence-corrected chi connectivity index (χ4v) is 1.69. The molecule has 0 aliphatic carbocycles. The highest BCUT2D eigenvalue weighted by Crippen LogP contribution is 2.20. The zero-order valence-corrected chi connectivity index (χ0v) is 11.4. The first-order valence-corrected chi connectivity index (χ1v) is 6.07. The van der Waals surface area contributed by atoms with E-state index in [0.717, 1.165) is 5.56 Å². The minimum absolute atomic E-state index is 0.0795. The van der Waals surface area contributed by atoms with Crippen LogP contribution in [0.15, 0.2) is 24.3 Å². The Morgan fingerprint density at radius 3 is 2.21 bits per heavy atom. The summed E-state index contributed by atoms with van der Waals surface area (Å²) in [6, 6.07) is 7.51. The number of ether oxygens (including phenoxy) is 1. The van der Waals surface area contributed by atoms with Crippen LogP contribution in [0.5, 0.6) is 0 Å². The van der Waals surface area contributed by atoms with Gasteiger partial charge in [0.15, 0.2) is 0 Å². The van der Waals surface area contributed by atoms with Gasteiger partial charge in [0, 0.05) is 5.69 Å². The number of methoxy groups -OCH3 is 1. The van der Waals surface area contributed by atoms with Gasteiger partial charge in [-0.15, -0.1) is 0 Å². The lowest BCUT2D eigenvalue weighted by molar-refractivity contribution is -0.139. The van der Waals surface area contributed by atoms with Crippen molar-refractivity contribution >= 4 is 17.6 Å². The van der Waals surface area contributed by atoms with Crippen LogP contribution in [0.3, 0.4) is 0 Å². The molecule has 0 unspecified atom stereocenters. The lowest BCUT2D eigenvalue weighted by Gasteiger charge is -2.22. The summed E-state index contributed by atoms with van der Waals surface area (Å²) in [4.78, 5) is 23.6. The number of rotatable bonds is 6. The SMILES string of the molecule is COC(=O)CN(CC(=O)O)c1ccc(C(C)C)cc1. The molecule has 1 N–H and O–H groups in total. The summed E-state index contributed by atoms with van der Waals surface area (Å²) in [5.74, 6) is -1.05. The second kappa shape index (κ2) is 6.78. The highest BCUT2D eigenvalue weighted by atomic mass is 16.5. The van der Waals surface area contributed by atoms with E-state index in [-0.39, 0.29) is 13.1 Å². The number of anilines is 1. The molecule has 0 aliphatic rings. The summed E-state index contributed by atoms with van der Waals surface area (Å²) in [7, 11) is 1.28. The molecule has 19 heavy (non-hydrogen) atoms. The Bertz CT molecular complexity index is 439. The monoisotopic (exact) mass is 265 g/mol. The topological polar surface area (TPSA) is 66.8 Å². The van der Waals surface area contributed by atoms with Gasteiger partial charge in [0.1, 0.15) is 13.1 Å². The molecule has 5 nitrogen and oxygen atoms in total. The molecule has 0 fully saturated rings. The van der Waals surface area contributed by atoms with Crippen molar-refractivity contribution in [2.45, 2.75) is 19.8 Å². The quantitative estimate of drug-likeness (QED) is 0.795. The fraction of sp³-hybridized carbons (Fsp3) is 0.429. The van der Waals surface area contributed by atoms with Gasteiger partial charge in [-0.1, -0.05) is 26.0 Å². The van der Waals surface area contributed by atoms with E-state index in [1.807, 2.05) is 24.3 Å². The van der Waals surface area contributed by atoms with Crippen molar-refractivity contribution in [3.63, 3.8) is 0 Å². The number of aliphatic carboxylic acids is 1. The molecule has 1 rings (SSSR count). The van der Waals surface area contributed by atoms with Gasteiger partial charge in [-0.2, -0.15) is 0 Å². The number of carboxylic acids is 1. The number of hydrogen-bond acceptors (Lipinski definition) is 4. The number of carboxylic acid groups (broad SMARTS) is 1. The molecule has 1 aromatic rings. The standard InChI is InChI=1S/C14H19NO4/c1-10(2)11-4-6-12(7-5-11)15(8-13(16)17)9-14(18)19-3/h4-7,10H,8-9H2,1-3H3,(H,16,17). The van der Waals surface area contributed by atoms with Crippen molar-refractivity contribution in [2.24, 2.45) is 0 Å². The van der Waals surface area contributed by atoms with Crippen molar-refractivity contribution in [3.05, 3.63) is 29.8 Å². The number of carbonyl (C=O) groups excluding carboxylic acids is 1. The molecule has 104 valence electrons. The van der Waals surface area contributed by atoms with E-state index in [2.05, 4.69) is 18.6 Å². The van der Waals surface area contributed by atoms with E-state index in [9.17, 15) is 9.59 Å². The van der Waals surface area contributed by atoms with Crippen molar-refractivity contribution in [1.29, 1.82) is 0 Å². The number of hydrogen-bond donors (Lipinski definition) is 1. The first-order valence-electron chi connectivity index (χ1n) is 6.07. The minimum atomic E-state index is -0.989. The third kappa shape index (κ3) is 4.62. The third-order valence-corrected chi connectivity index (χ3v) is 2.80. The molecule has 1 aromatic carbocycles. The van der Waals surface area contributed by atoms with E-state index >= 15 is 0 Å². The van der Waals surface area contributed by atoms with Gasteiger partial charge in [0.05, 0.1) is 7.11 Å². The van der Waals surface area contributed by atoms with Crippen LogP contribution in [-0.4, -0.2) is 37.2 Å². The van der Waals surface area contributed by atoms with Gasteiger partial charge in [-0.05, 0) is 23.6 Å². The summed E-state index contributed by atoms with van der Waals surface area (Å²) in [5, 5.41) is 8.88. The van der Waals surface area contributed by atoms with Crippen LogP contribution in [0.4, 0.5) is 5.69 Å². The Hall–Kier alpha value is -2.04. The smallest absolute Gasteiger partial charge is 0.325 e. The molecule has 0 saturated heterocycles. The molecular formula is C14H19NO4. The molecule has 0 radical (unpaired) electrons. The van der Waals surface area contributed by atoms with Crippen molar-refractivity contribution in [2.75, 3.05) is 25.1 Å². The van der Waals surface area contributed by atoms with Crippen LogP contribution in [-0.2, 0) is 14.3 Å². The van der Waals surface area contributed by atoms with Crippen LogP contribution in [0, 0.1) is 0 Å². The van der Waals surface area contributed by atoms with E-state index in [4.69, 9.17) is 5.11 Å². The molecule has 0 atom stereocenters. The molecule has 0 amide bonds. The van der Waals surface area contributed by atoms with Gasteiger partial charge < -0.3 is 14.7 Å². The van der Waals surface area contributed by atoms with Gasteiger partial charge in [0.2, 0.25) is 0 Å². The number of carbonyl (C=O) groups is 2. The van der Waals surface area contributed by atoms with Gasteiger partial charge in [0.25, 0.3) is 0 Å². The normalized spacial score (nSPS) is 10.3. The average molecular weight is 265 g/mol. The van der Waals surface area contributed by atoms with Gasteiger partial charge in [-0.3, -0.25) is 9.59 Å². The lowest BCUT2D eigenvalue weighted by Crippen LogP contribution is -2.35. The molecule has 0 heterocycles. The Kier molecular flexibility index (Phi) is 5.36. The van der Waals surface area contributed by atoms with Crippen LogP contribution in [0.25, 0.3) is 0 Å². The van der Waals surface area contributed by atoms with Crippen LogP contribution >= 0.6 is 0 Å². The van der Waals surface area contributed by atoms with E-state index in [1.54, 1.807) is 0 Å². The predicted molar refractivity (Wildman–Crippen MR) is 72.4 cm³/mol. The van der Waals surface area contributed by atoms with Crippen molar-refractivity contribution in [3.8, 4) is 0 Å². The second-order valence-electron chi connectivity index (χ2n) is 4.57. The second-order valence-corrected chi connectivity index (χ2v) is 4.57. The van der Waals surface area contributed by atoms with Crippen LogP contribution < -0.4 is 4.90 Å². The van der Waals surface area contributed by atoms with E-state index < -0.39 is 11.9 Å². The van der Waals surface area contributed by atoms with E-state index in [0.29, 0.717) is 11.6 Å². The fourth-order valence-electron chi connectivity index (χ4n) is 1.69. The van der Waals surface area contributed by atoms with Gasteiger partial charge in [-0.25, -0.2) is 0 Å². The Labute approximate surface area is 112 Å². The van der Waals surface area contributed by atoms with Crippen LogP contribution in [0.2, 0.25) is 0 Å². The zero-order valence-electron chi connectivity index (χ0n) is 11.4. The largest absolute Gasteiger partial charge is 0.480 e. The maximum atomic E-state index is 11.3. The summed E-state index contributed by atoms with van der Waals surface area (Å²) < 4.78 is 4.57. The predicted octanol–water partition coefficient (Wildman–Crippen LogP) is 1.87. The average Bonchev–Trinajstić information content (AvgIpc) is 2.37. The van der Waals surface area contributed by atoms with Gasteiger partial charge >= 0.3 is 11.9 Å². The van der Waals surface area contributed by atoms with Crippen LogP contribution in [0.1, 0.15) is 25.3 Å². The maximum absolute atomic E-state index is 11.3. The first kappa shape index (κ1) is 15.0. The molecule has 5 heteroatoms. The summed E-state index contributed by atoms with van der Waals surface area (Å²) in [6.45, 7) is 3.84. The summed E-state index contributed by atoms with van der Waals surface area (Å²) in [6.07, 6.45) is 0. The molecule has 0 saturated carbocycles. The number of esters is 1.